The van der Waals surface area contributed by atoms with Crippen LogP contribution < -0.4 is 5.32 Å². The Labute approximate surface area is 178 Å². The van der Waals surface area contributed by atoms with E-state index in [9.17, 15) is 18.0 Å². The predicted molar refractivity (Wildman–Crippen MR) is 110 cm³/mol. The first-order chi connectivity index (χ1) is 14.2. The Hall–Kier alpha value is -2.29. The number of alkyl halides is 3. The third-order valence-electron chi connectivity index (χ3n) is 5.05. The van der Waals surface area contributed by atoms with Crippen LogP contribution in [0.25, 0.3) is 0 Å². The lowest BCUT2D eigenvalue weighted by Gasteiger charge is -2.40. The van der Waals surface area contributed by atoms with E-state index in [2.05, 4.69) is 10.2 Å². The van der Waals surface area contributed by atoms with Gasteiger partial charge >= 0.3 is 12.3 Å². The molecule has 0 saturated carbocycles. The summed E-state index contributed by atoms with van der Waals surface area (Å²) in [6, 6.07) is 15.6. The van der Waals surface area contributed by atoms with Crippen LogP contribution in [-0.2, 0) is 4.74 Å². The number of piperazine rings is 1. The minimum Gasteiger partial charge on any atom is -0.435 e. The van der Waals surface area contributed by atoms with Crippen molar-refractivity contribution in [1.29, 1.82) is 0 Å². The number of hydrogen-bond acceptors (Lipinski definition) is 4. The number of anilines is 1. The van der Waals surface area contributed by atoms with Crippen LogP contribution in [-0.4, -0.2) is 61.4 Å². The Morgan fingerprint density at radius 2 is 1.83 bits per heavy atom. The maximum absolute atomic E-state index is 13.6. The molecule has 1 fully saturated rings. The zero-order chi connectivity index (χ0) is 21.7. The summed E-state index contributed by atoms with van der Waals surface area (Å²) in [5.74, 6) is 0. The topological polar surface area (TPSA) is 44.8 Å². The Morgan fingerprint density at radius 3 is 2.47 bits per heavy atom. The fourth-order valence-corrected chi connectivity index (χ4v) is 3.51. The molecule has 2 aromatic rings. The predicted octanol–water partition coefficient (Wildman–Crippen LogP) is 4.81. The fourth-order valence-electron chi connectivity index (χ4n) is 3.38. The number of carbonyl (C=O) groups is 1. The lowest BCUT2D eigenvalue weighted by Crippen LogP contribution is -2.52. The summed E-state index contributed by atoms with van der Waals surface area (Å²) >= 11 is 5.77. The van der Waals surface area contributed by atoms with Gasteiger partial charge in [0.05, 0.1) is 0 Å². The molecular formula is C21H23ClF3N3O2. The van der Waals surface area contributed by atoms with E-state index in [-0.39, 0.29) is 6.04 Å². The largest absolute Gasteiger partial charge is 0.435 e. The van der Waals surface area contributed by atoms with Crippen LogP contribution in [0.2, 0.25) is 5.02 Å². The number of ether oxygens (including phenoxy) is 1. The minimum atomic E-state index is -4.68. The zero-order valence-corrected chi connectivity index (χ0v) is 17.2. The number of amides is 1. The molecule has 1 N–H and O–H groups in total. The molecule has 1 heterocycles. The van der Waals surface area contributed by atoms with Crippen LogP contribution in [0.15, 0.2) is 54.6 Å². The van der Waals surface area contributed by atoms with E-state index in [0.29, 0.717) is 30.3 Å². The second kappa shape index (κ2) is 9.68. The van der Waals surface area contributed by atoms with Gasteiger partial charge in [0, 0.05) is 42.9 Å². The van der Waals surface area contributed by atoms with Gasteiger partial charge < -0.3 is 4.74 Å². The number of likely N-dealkylation sites (N-methyl/N-ethyl adjacent to an activating group) is 1. The molecular weight excluding hydrogens is 419 g/mol. The van der Waals surface area contributed by atoms with Gasteiger partial charge in [-0.2, -0.15) is 13.2 Å². The molecule has 2 atom stereocenters. The molecule has 1 unspecified atom stereocenters. The third kappa shape index (κ3) is 6.10. The van der Waals surface area contributed by atoms with Gasteiger partial charge in [0.2, 0.25) is 6.10 Å². The van der Waals surface area contributed by atoms with E-state index in [4.69, 9.17) is 16.3 Å². The van der Waals surface area contributed by atoms with E-state index in [0.717, 1.165) is 5.56 Å². The van der Waals surface area contributed by atoms with E-state index < -0.39 is 24.9 Å². The van der Waals surface area contributed by atoms with Crippen molar-refractivity contribution in [2.24, 2.45) is 0 Å². The van der Waals surface area contributed by atoms with Crippen LogP contribution >= 0.6 is 11.6 Å². The average Bonchev–Trinajstić information content (AvgIpc) is 2.70. The summed E-state index contributed by atoms with van der Waals surface area (Å²) in [7, 11) is 1.95. The van der Waals surface area contributed by atoms with Crippen LogP contribution in [0.4, 0.5) is 23.7 Å². The van der Waals surface area contributed by atoms with Gasteiger partial charge in [0.25, 0.3) is 0 Å². The number of hydrogen-bond donors (Lipinski definition) is 1. The zero-order valence-electron chi connectivity index (χ0n) is 16.4. The van der Waals surface area contributed by atoms with E-state index in [1.807, 2.05) is 37.4 Å². The van der Waals surface area contributed by atoms with Gasteiger partial charge in [-0.25, -0.2) is 4.79 Å². The van der Waals surface area contributed by atoms with Gasteiger partial charge in [-0.05, 0) is 36.9 Å². The summed E-state index contributed by atoms with van der Waals surface area (Å²) in [6.07, 6.45) is -8.07. The number of halogens is 4. The standard InChI is InChI=1S/C21H23ClF3N3O2/c1-27-11-12-28(13-18(27)15-5-3-2-4-6-15)14-19(21(23,24)25)30-20(29)26-17-9-7-16(22)8-10-17/h2-10,18-19H,11-14H2,1H3,(H,26,29)/t18?,19-/m0/s1. The third-order valence-corrected chi connectivity index (χ3v) is 5.30. The molecule has 0 spiro atoms. The summed E-state index contributed by atoms with van der Waals surface area (Å²) in [5.41, 5.74) is 1.34. The maximum atomic E-state index is 13.6. The molecule has 162 valence electrons. The molecule has 1 saturated heterocycles. The fraction of sp³-hybridized carbons (Fsp3) is 0.381. The van der Waals surface area contributed by atoms with Gasteiger partial charge in [0.15, 0.2) is 0 Å². The summed E-state index contributed by atoms with van der Waals surface area (Å²) in [4.78, 5) is 15.8. The Bertz CT molecular complexity index is 834. The van der Waals surface area contributed by atoms with Crippen LogP contribution in [0.1, 0.15) is 11.6 Å². The van der Waals surface area contributed by atoms with E-state index >= 15 is 0 Å². The van der Waals surface area contributed by atoms with Crippen molar-refractivity contribution in [3.05, 3.63) is 65.2 Å². The maximum Gasteiger partial charge on any atom is 0.426 e. The molecule has 2 aromatic carbocycles. The second-order valence-electron chi connectivity index (χ2n) is 7.23. The van der Waals surface area contributed by atoms with Crippen molar-refractivity contribution in [2.45, 2.75) is 18.3 Å². The SMILES string of the molecule is CN1CCN(C[C@H](OC(=O)Nc2ccc(Cl)cc2)C(F)(F)F)CC1c1ccccc1. The molecule has 0 aliphatic carbocycles. The number of benzene rings is 2. The number of nitrogens with one attached hydrogen (secondary N) is 1. The molecule has 0 aromatic heterocycles. The Balaban J connectivity index is 1.64. The second-order valence-corrected chi connectivity index (χ2v) is 7.67. The van der Waals surface area contributed by atoms with E-state index in [1.165, 1.54) is 24.3 Å². The first-order valence-corrected chi connectivity index (χ1v) is 9.87. The van der Waals surface area contributed by atoms with Crippen LogP contribution in [0, 0.1) is 0 Å². The highest BCUT2D eigenvalue weighted by atomic mass is 35.5. The molecule has 3 rings (SSSR count). The van der Waals surface area contributed by atoms with Crippen LogP contribution in [0.5, 0.6) is 0 Å². The highest BCUT2D eigenvalue weighted by Crippen LogP contribution is 2.28. The highest BCUT2D eigenvalue weighted by Gasteiger charge is 2.44. The first kappa shape index (κ1) is 22.4. The Kier molecular flexibility index (Phi) is 7.23. The van der Waals surface area contributed by atoms with Gasteiger partial charge in [-0.3, -0.25) is 15.1 Å². The Morgan fingerprint density at radius 1 is 1.17 bits per heavy atom. The molecule has 1 amide bonds. The summed E-state index contributed by atoms with van der Waals surface area (Å²) < 4.78 is 45.4. The average molecular weight is 442 g/mol. The first-order valence-electron chi connectivity index (χ1n) is 9.50. The summed E-state index contributed by atoms with van der Waals surface area (Å²) in [6.45, 7) is 1.06. The van der Waals surface area contributed by atoms with Gasteiger partial charge in [0.1, 0.15) is 0 Å². The highest BCUT2D eigenvalue weighted by molar-refractivity contribution is 6.30. The quantitative estimate of drug-likeness (QED) is 0.723. The molecule has 30 heavy (non-hydrogen) atoms. The van der Waals surface area contributed by atoms with Crippen molar-refractivity contribution < 1.29 is 22.7 Å². The monoisotopic (exact) mass is 441 g/mol. The molecule has 5 nitrogen and oxygen atoms in total. The van der Waals surface area contributed by atoms with Gasteiger partial charge in [-0.15, -0.1) is 0 Å². The van der Waals surface area contributed by atoms with Crippen molar-refractivity contribution in [1.82, 2.24) is 9.80 Å². The normalized spacial score (nSPS) is 19.3. The molecule has 0 bridgehead atoms. The van der Waals surface area contributed by atoms with Crippen LogP contribution in [0.3, 0.4) is 0 Å². The van der Waals surface area contributed by atoms with Gasteiger partial charge in [-0.1, -0.05) is 41.9 Å². The number of carbonyl (C=O) groups excluding carboxylic acids is 1. The number of rotatable bonds is 5. The van der Waals surface area contributed by atoms with Crippen molar-refractivity contribution >= 4 is 23.4 Å². The molecule has 0 radical (unpaired) electrons. The lowest BCUT2D eigenvalue weighted by atomic mass is 10.0. The van der Waals surface area contributed by atoms with Crippen molar-refractivity contribution in [2.75, 3.05) is 38.5 Å². The molecule has 1 aliphatic heterocycles. The smallest absolute Gasteiger partial charge is 0.426 e. The summed E-state index contributed by atoms with van der Waals surface area (Å²) in [5, 5.41) is 2.75. The van der Waals surface area contributed by atoms with E-state index in [1.54, 1.807) is 4.90 Å². The van der Waals surface area contributed by atoms with Crippen molar-refractivity contribution in [3.63, 3.8) is 0 Å². The minimum absolute atomic E-state index is 0.0308. The lowest BCUT2D eigenvalue weighted by molar-refractivity contribution is -0.208. The molecule has 1 aliphatic rings. The molecule has 9 heteroatoms. The number of nitrogens with zero attached hydrogens (tertiary/aromatic N) is 2. The van der Waals surface area contributed by atoms with Crippen molar-refractivity contribution in [3.8, 4) is 0 Å².